The van der Waals surface area contributed by atoms with Gasteiger partial charge in [-0.1, -0.05) is 6.58 Å². The van der Waals surface area contributed by atoms with E-state index in [0.717, 1.165) is 12.2 Å². The van der Waals surface area contributed by atoms with E-state index in [4.69, 9.17) is 0 Å². The molecular weight excluding hydrogens is 304 g/mol. The summed E-state index contributed by atoms with van der Waals surface area (Å²) >= 11 is 0. The van der Waals surface area contributed by atoms with E-state index in [1.807, 2.05) is 24.6 Å². The first-order chi connectivity index (χ1) is 11.5. The lowest BCUT2D eigenvalue weighted by Gasteiger charge is -2.17. The molecule has 1 N–H and O–H groups in total. The second-order valence-electron chi connectivity index (χ2n) is 5.42. The molecule has 2 aromatic rings. The number of amides is 2. The molecule has 0 saturated carbocycles. The normalized spacial score (nSPS) is 11.6. The topological polar surface area (TPSA) is 67.2 Å². The summed E-state index contributed by atoms with van der Waals surface area (Å²) in [6, 6.07) is 8.61. The molecule has 1 aromatic carbocycles. The van der Waals surface area contributed by atoms with Crippen LogP contribution in [0.1, 0.15) is 35.9 Å². The number of nitrogens with one attached hydrogen (secondary N) is 1. The molecule has 1 aromatic heterocycles. The lowest BCUT2D eigenvalue weighted by atomic mass is 10.1. The van der Waals surface area contributed by atoms with Gasteiger partial charge in [-0.2, -0.15) is 5.10 Å². The van der Waals surface area contributed by atoms with E-state index in [-0.39, 0.29) is 17.9 Å². The number of likely N-dealkylation sites (N-methyl/N-ethyl adjacent to an activating group) is 1. The van der Waals surface area contributed by atoms with E-state index < -0.39 is 0 Å². The average Bonchev–Trinajstić information content (AvgIpc) is 3.09. The van der Waals surface area contributed by atoms with Gasteiger partial charge in [0.2, 0.25) is 5.91 Å². The maximum atomic E-state index is 12.4. The number of carbonyl (C=O) groups excluding carboxylic acids is 2. The van der Waals surface area contributed by atoms with Gasteiger partial charge in [0.25, 0.3) is 5.91 Å². The minimum absolute atomic E-state index is 0.148. The Morgan fingerprint density at radius 1 is 1.33 bits per heavy atom. The van der Waals surface area contributed by atoms with Crippen LogP contribution in [0.2, 0.25) is 0 Å². The van der Waals surface area contributed by atoms with Gasteiger partial charge in [0.1, 0.15) is 0 Å². The molecular formula is C18H22N4O2. The molecule has 0 radical (unpaired) electrons. The fraction of sp³-hybridized carbons (Fsp3) is 0.278. The summed E-state index contributed by atoms with van der Waals surface area (Å²) < 4.78 is 1.85. The number of rotatable bonds is 6. The van der Waals surface area contributed by atoms with Gasteiger partial charge in [-0.05, 0) is 50.3 Å². The smallest absolute Gasteiger partial charge is 0.251 e. The van der Waals surface area contributed by atoms with Crippen LogP contribution in [0, 0.1) is 0 Å². The lowest BCUT2D eigenvalue weighted by molar-refractivity contribution is -0.113. The summed E-state index contributed by atoms with van der Waals surface area (Å²) in [7, 11) is 1.66. The Hall–Kier alpha value is -2.89. The summed E-state index contributed by atoms with van der Waals surface area (Å²) in [6.45, 7) is 8.14. The fourth-order valence-electron chi connectivity index (χ4n) is 2.43. The number of hydrogen-bond acceptors (Lipinski definition) is 3. The van der Waals surface area contributed by atoms with E-state index in [9.17, 15) is 9.59 Å². The molecule has 0 aliphatic rings. The van der Waals surface area contributed by atoms with Crippen molar-refractivity contribution >= 4 is 17.5 Å². The van der Waals surface area contributed by atoms with Gasteiger partial charge in [0, 0.05) is 31.0 Å². The Labute approximate surface area is 141 Å². The molecule has 0 saturated heterocycles. The highest BCUT2D eigenvalue weighted by molar-refractivity contribution is 6.01. The van der Waals surface area contributed by atoms with Gasteiger partial charge in [0.05, 0.1) is 11.7 Å². The highest BCUT2D eigenvalue weighted by atomic mass is 16.2. The summed E-state index contributed by atoms with van der Waals surface area (Å²) in [4.78, 5) is 25.4. The van der Waals surface area contributed by atoms with Crippen LogP contribution in [0.4, 0.5) is 5.69 Å². The maximum absolute atomic E-state index is 12.4. The van der Waals surface area contributed by atoms with Crippen molar-refractivity contribution in [3.8, 4) is 0 Å². The third kappa shape index (κ3) is 3.71. The van der Waals surface area contributed by atoms with Crippen molar-refractivity contribution < 1.29 is 9.59 Å². The van der Waals surface area contributed by atoms with E-state index in [1.54, 1.807) is 37.5 Å². The minimum Gasteiger partial charge on any atom is -0.344 e. The van der Waals surface area contributed by atoms with E-state index >= 15 is 0 Å². The Morgan fingerprint density at radius 2 is 2.00 bits per heavy atom. The Kier molecular flexibility index (Phi) is 5.52. The summed E-state index contributed by atoms with van der Waals surface area (Å²) in [6.07, 6.45) is 2.97. The standard InChI is InChI=1S/C18H22N4O2/c1-5-17(23)21(4)15-9-7-14(8-10-15)18(24)20-13(3)16-11-12-19-22(16)6-2/h5,7-13H,1,6H2,2-4H3,(H,20,24). The number of benzene rings is 1. The van der Waals surface area contributed by atoms with Crippen LogP contribution in [-0.4, -0.2) is 28.6 Å². The van der Waals surface area contributed by atoms with Gasteiger partial charge in [0.15, 0.2) is 0 Å². The molecule has 24 heavy (non-hydrogen) atoms. The summed E-state index contributed by atoms with van der Waals surface area (Å²) in [5, 5.41) is 7.17. The van der Waals surface area contributed by atoms with Gasteiger partial charge in [-0.15, -0.1) is 0 Å². The van der Waals surface area contributed by atoms with Crippen LogP contribution in [0.25, 0.3) is 0 Å². The Bertz CT molecular complexity index is 734. The van der Waals surface area contributed by atoms with Crippen LogP contribution in [0.5, 0.6) is 0 Å². The Morgan fingerprint density at radius 3 is 2.58 bits per heavy atom. The van der Waals surface area contributed by atoms with E-state index in [0.29, 0.717) is 11.3 Å². The highest BCUT2D eigenvalue weighted by Crippen LogP contribution is 2.16. The van der Waals surface area contributed by atoms with Gasteiger partial charge < -0.3 is 10.2 Å². The molecule has 2 amide bonds. The molecule has 126 valence electrons. The minimum atomic E-state index is -0.200. The summed E-state index contributed by atoms with van der Waals surface area (Å²) in [5.41, 5.74) is 2.19. The SMILES string of the molecule is C=CC(=O)N(C)c1ccc(C(=O)NC(C)c2ccnn2CC)cc1. The number of nitrogens with zero attached hydrogens (tertiary/aromatic N) is 3. The molecule has 1 unspecified atom stereocenters. The highest BCUT2D eigenvalue weighted by Gasteiger charge is 2.15. The van der Waals surface area contributed by atoms with Crippen LogP contribution >= 0.6 is 0 Å². The van der Waals surface area contributed by atoms with Crippen LogP contribution in [-0.2, 0) is 11.3 Å². The monoisotopic (exact) mass is 326 g/mol. The largest absolute Gasteiger partial charge is 0.344 e. The Balaban J connectivity index is 2.07. The van der Waals surface area contributed by atoms with E-state index in [1.165, 1.54) is 11.0 Å². The maximum Gasteiger partial charge on any atom is 0.251 e. The predicted octanol–water partition coefficient (Wildman–Crippen LogP) is 2.54. The number of carbonyl (C=O) groups is 2. The number of anilines is 1. The molecule has 6 heteroatoms. The average molecular weight is 326 g/mol. The van der Waals surface area contributed by atoms with Crippen molar-refractivity contribution in [1.29, 1.82) is 0 Å². The first kappa shape index (κ1) is 17.5. The molecule has 0 aliphatic carbocycles. The van der Waals surface area contributed by atoms with Crippen LogP contribution < -0.4 is 10.2 Å². The fourth-order valence-corrected chi connectivity index (χ4v) is 2.43. The van der Waals surface area contributed by atoms with Crippen molar-refractivity contribution in [1.82, 2.24) is 15.1 Å². The molecule has 0 bridgehead atoms. The molecule has 0 fully saturated rings. The van der Waals surface area contributed by atoms with Crippen molar-refractivity contribution in [2.75, 3.05) is 11.9 Å². The number of hydrogen-bond donors (Lipinski definition) is 1. The van der Waals surface area contributed by atoms with Crippen molar-refractivity contribution in [3.63, 3.8) is 0 Å². The third-order valence-corrected chi connectivity index (χ3v) is 3.86. The van der Waals surface area contributed by atoms with Crippen LogP contribution in [0.15, 0.2) is 49.2 Å². The first-order valence-electron chi connectivity index (χ1n) is 7.80. The van der Waals surface area contributed by atoms with Gasteiger partial charge in [-0.3, -0.25) is 14.3 Å². The van der Waals surface area contributed by atoms with Crippen molar-refractivity contribution in [3.05, 3.63) is 60.4 Å². The zero-order valence-corrected chi connectivity index (χ0v) is 14.2. The summed E-state index contributed by atoms with van der Waals surface area (Å²) in [5.74, 6) is -0.371. The van der Waals surface area contributed by atoms with Crippen molar-refractivity contribution in [2.24, 2.45) is 0 Å². The number of aromatic nitrogens is 2. The predicted molar refractivity (Wildman–Crippen MR) is 93.8 cm³/mol. The molecule has 6 nitrogen and oxygen atoms in total. The second kappa shape index (κ2) is 7.59. The second-order valence-corrected chi connectivity index (χ2v) is 5.42. The molecule has 1 heterocycles. The van der Waals surface area contributed by atoms with Gasteiger partial charge >= 0.3 is 0 Å². The molecule has 1 atom stereocenters. The number of aryl methyl sites for hydroxylation is 1. The van der Waals surface area contributed by atoms with E-state index in [2.05, 4.69) is 17.0 Å². The first-order valence-corrected chi connectivity index (χ1v) is 7.80. The molecule has 2 rings (SSSR count). The van der Waals surface area contributed by atoms with Crippen molar-refractivity contribution in [2.45, 2.75) is 26.4 Å². The molecule has 0 aliphatic heterocycles. The van der Waals surface area contributed by atoms with Crippen LogP contribution in [0.3, 0.4) is 0 Å². The quantitative estimate of drug-likeness (QED) is 0.830. The zero-order valence-electron chi connectivity index (χ0n) is 14.2. The zero-order chi connectivity index (χ0) is 17.7. The molecule has 0 spiro atoms. The lowest BCUT2D eigenvalue weighted by Crippen LogP contribution is -2.28. The van der Waals surface area contributed by atoms with Gasteiger partial charge in [-0.25, -0.2) is 0 Å². The third-order valence-electron chi connectivity index (χ3n) is 3.86.